The summed E-state index contributed by atoms with van der Waals surface area (Å²) in [7, 11) is 0. The van der Waals surface area contributed by atoms with E-state index in [1.165, 1.54) is 4.57 Å². The molecule has 0 atom stereocenters. The van der Waals surface area contributed by atoms with Crippen LogP contribution < -0.4 is 10.1 Å². The Labute approximate surface area is 159 Å². The maximum absolute atomic E-state index is 12.8. The number of nitrogens with one attached hydrogen (secondary N) is 1. The molecule has 5 nitrogen and oxygen atoms in total. The Balaban J connectivity index is 1.58. The van der Waals surface area contributed by atoms with E-state index in [1.807, 2.05) is 31.2 Å². The first kappa shape index (κ1) is 19.2. The second kappa shape index (κ2) is 8.85. The summed E-state index contributed by atoms with van der Waals surface area (Å²) in [6, 6.07) is 14.7. The van der Waals surface area contributed by atoms with Crippen molar-refractivity contribution >= 4 is 28.7 Å². The molecular formula is C19H19F2N3O2S. The van der Waals surface area contributed by atoms with Crippen LogP contribution in [0, 0.1) is 6.92 Å². The lowest BCUT2D eigenvalue weighted by Crippen LogP contribution is -2.31. The zero-order valence-corrected chi connectivity index (χ0v) is 15.5. The molecule has 0 aliphatic rings. The molecule has 0 aliphatic heterocycles. The zero-order chi connectivity index (χ0) is 19.2. The summed E-state index contributed by atoms with van der Waals surface area (Å²) in [6.07, 6.45) is 0. The molecule has 8 heteroatoms. The highest BCUT2D eigenvalue weighted by molar-refractivity contribution is 7.99. The van der Waals surface area contributed by atoms with E-state index in [9.17, 15) is 13.6 Å². The van der Waals surface area contributed by atoms with Crippen LogP contribution >= 0.6 is 11.8 Å². The van der Waals surface area contributed by atoms with Crippen LogP contribution in [0.1, 0.15) is 5.56 Å². The third-order valence-electron chi connectivity index (χ3n) is 3.80. The Morgan fingerprint density at radius 2 is 2.07 bits per heavy atom. The normalized spacial score (nSPS) is 11.1. The van der Waals surface area contributed by atoms with Crippen LogP contribution in [-0.2, 0) is 11.3 Å². The maximum atomic E-state index is 12.8. The van der Waals surface area contributed by atoms with Crippen molar-refractivity contribution in [1.82, 2.24) is 14.9 Å². The maximum Gasteiger partial charge on any atom is 0.291 e. The number of imidazole rings is 1. The number of aryl methyl sites for hydroxylation is 1. The number of thioether (sulfide) groups is 1. The SMILES string of the molecule is Cc1cccc(OCCNC(=O)Cn2c(SC(F)F)nc3ccccc32)c1. The van der Waals surface area contributed by atoms with Crippen LogP contribution in [0.3, 0.4) is 0 Å². The summed E-state index contributed by atoms with van der Waals surface area (Å²) >= 11 is 0.334. The lowest BCUT2D eigenvalue weighted by molar-refractivity contribution is -0.121. The highest BCUT2D eigenvalue weighted by Crippen LogP contribution is 2.28. The number of rotatable bonds is 8. The van der Waals surface area contributed by atoms with Gasteiger partial charge in [-0.25, -0.2) is 4.98 Å². The molecule has 0 saturated carbocycles. The Morgan fingerprint density at radius 1 is 1.26 bits per heavy atom. The highest BCUT2D eigenvalue weighted by atomic mass is 32.2. The number of hydrogen-bond donors (Lipinski definition) is 1. The number of alkyl halides is 2. The van der Waals surface area contributed by atoms with Crippen molar-refractivity contribution < 1.29 is 18.3 Å². The van der Waals surface area contributed by atoms with Crippen molar-refractivity contribution in [2.45, 2.75) is 24.4 Å². The number of carbonyl (C=O) groups is 1. The molecule has 0 spiro atoms. The van der Waals surface area contributed by atoms with E-state index in [0.29, 0.717) is 35.9 Å². The molecule has 1 N–H and O–H groups in total. The third kappa shape index (κ3) is 5.19. The molecule has 0 unspecified atom stereocenters. The smallest absolute Gasteiger partial charge is 0.291 e. The van der Waals surface area contributed by atoms with Gasteiger partial charge in [-0.05, 0) is 48.5 Å². The molecule has 0 radical (unpaired) electrons. The highest BCUT2D eigenvalue weighted by Gasteiger charge is 2.17. The lowest BCUT2D eigenvalue weighted by Gasteiger charge is -2.10. The van der Waals surface area contributed by atoms with Crippen molar-refractivity contribution in [3.05, 3.63) is 54.1 Å². The van der Waals surface area contributed by atoms with Crippen molar-refractivity contribution in [3.63, 3.8) is 0 Å². The topological polar surface area (TPSA) is 56.1 Å². The van der Waals surface area contributed by atoms with E-state index >= 15 is 0 Å². The van der Waals surface area contributed by atoms with Gasteiger partial charge < -0.3 is 14.6 Å². The number of carbonyl (C=O) groups excluding carboxylic acids is 1. The number of aromatic nitrogens is 2. The zero-order valence-electron chi connectivity index (χ0n) is 14.7. The van der Waals surface area contributed by atoms with Crippen LogP contribution in [0.2, 0.25) is 0 Å². The summed E-state index contributed by atoms with van der Waals surface area (Å²) in [5, 5.41) is 2.86. The van der Waals surface area contributed by atoms with Gasteiger partial charge >= 0.3 is 0 Å². The summed E-state index contributed by atoms with van der Waals surface area (Å²) in [5.74, 6) is -2.16. The van der Waals surface area contributed by atoms with E-state index in [4.69, 9.17) is 4.74 Å². The van der Waals surface area contributed by atoms with Gasteiger partial charge in [0.2, 0.25) is 5.91 Å². The molecule has 0 saturated heterocycles. The van der Waals surface area contributed by atoms with Crippen LogP contribution in [0.5, 0.6) is 5.75 Å². The summed E-state index contributed by atoms with van der Waals surface area (Å²) in [4.78, 5) is 16.4. The number of ether oxygens (including phenoxy) is 1. The van der Waals surface area contributed by atoms with E-state index < -0.39 is 5.76 Å². The monoisotopic (exact) mass is 391 g/mol. The Hall–Kier alpha value is -2.61. The predicted octanol–water partition coefficient (Wildman–Crippen LogP) is 3.85. The molecule has 0 fully saturated rings. The van der Waals surface area contributed by atoms with Crippen molar-refractivity contribution in [1.29, 1.82) is 0 Å². The molecule has 3 aromatic rings. The number of benzene rings is 2. The second-order valence-corrected chi connectivity index (χ2v) is 6.82. The summed E-state index contributed by atoms with van der Waals surface area (Å²) in [5.41, 5.74) is 2.32. The van der Waals surface area contributed by atoms with Gasteiger partial charge in [0.05, 0.1) is 17.6 Å². The fourth-order valence-electron chi connectivity index (χ4n) is 2.64. The summed E-state index contributed by atoms with van der Waals surface area (Å²) in [6.45, 7) is 2.52. The quantitative estimate of drug-likeness (QED) is 0.468. The summed E-state index contributed by atoms with van der Waals surface area (Å²) < 4.78 is 32.7. The van der Waals surface area contributed by atoms with E-state index in [1.54, 1.807) is 24.3 Å². The average molecular weight is 391 g/mol. The molecular weight excluding hydrogens is 372 g/mol. The van der Waals surface area contributed by atoms with Crippen molar-refractivity contribution in [2.24, 2.45) is 0 Å². The van der Waals surface area contributed by atoms with Gasteiger partial charge in [0, 0.05) is 0 Å². The van der Waals surface area contributed by atoms with E-state index in [-0.39, 0.29) is 17.6 Å². The largest absolute Gasteiger partial charge is 0.492 e. The van der Waals surface area contributed by atoms with Gasteiger partial charge in [-0.15, -0.1) is 0 Å². The molecule has 1 aromatic heterocycles. The second-order valence-electron chi connectivity index (χ2n) is 5.86. The van der Waals surface area contributed by atoms with Gasteiger partial charge in [-0.1, -0.05) is 24.3 Å². The molecule has 1 amide bonds. The van der Waals surface area contributed by atoms with E-state index in [0.717, 1.165) is 11.3 Å². The fourth-order valence-corrected chi connectivity index (χ4v) is 3.24. The minimum Gasteiger partial charge on any atom is -0.492 e. The van der Waals surface area contributed by atoms with E-state index in [2.05, 4.69) is 10.3 Å². The molecule has 27 heavy (non-hydrogen) atoms. The van der Waals surface area contributed by atoms with Crippen LogP contribution in [-0.4, -0.2) is 34.4 Å². The Bertz CT molecular complexity index is 930. The molecule has 142 valence electrons. The first-order chi connectivity index (χ1) is 13.0. The number of fused-ring (bicyclic) bond motifs is 1. The van der Waals surface area contributed by atoms with Crippen LogP contribution in [0.25, 0.3) is 11.0 Å². The average Bonchev–Trinajstić information content (AvgIpc) is 2.95. The van der Waals surface area contributed by atoms with Gasteiger partial charge in [0.15, 0.2) is 5.16 Å². The first-order valence-corrected chi connectivity index (χ1v) is 9.27. The number of nitrogens with zero attached hydrogens (tertiary/aromatic N) is 2. The molecule has 2 aromatic carbocycles. The molecule has 0 aliphatic carbocycles. The number of hydrogen-bond acceptors (Lipinski definition) is 4. The standard InChI is InChI=1S/C19H19F2N3O2S/c1-13-5-4-6-14(11-13)26-10-9-22-17(25)12-24-16-8-3-2-7-15(16)23-19(24)27-18(20)21/h2-8,11,18H,9-10,12H2,1H3,(H,22,25). The minimum absolute atomic E-state index is 0.0833. The van der Waals surface area contributed by atoms with Crippen LogP contribution in [0.4, 0.5) is 8.78 Å². The third-order valence-corrected chi connectivity index (χ3v) is 4.50. The van der Waals surface area contributed by atoms with Crippen molar-refractivity contribution in [2.75, 3.05) is 13.2 Å². The van der Waals surface area contributed by atoms with Gasteiger partial charge in [-0.3, -0.25) is 4.79 Å². The number of para-hydroxylation sites is 2. The van der Waals surface area contributed by atoms with Gasteiger partial charge in [0.1, 0.15) is 18.9 Å². The number of amides is 1. The Kier molecular flexibility index (Phi) is 6.28. The van der Waals surface area contributed by atoms with Gasteiger partial charge in [0.25, 0.3) is 5.76 Å². The fraction of sp³-hybridized carbons (Fsp3) is 0.263. The molecule has 3 rings (SSSR count). The number of halogens is 2. The molecule has 0 bridgehead atoms. The molecule has 1 heterocycles. The lowest BCUT2D eigenvalue weighted by atomic mass is 10.2. The van der Waals surface area contributed by atoms with Crippen molar-refractivity contribution in [3.8, 4) is 5.75 Å². The first-order valence-electron chi connectivity index (χ1n) is 8.39. The minimum atomic E-state index is -2.61. The van der Waals surface area contributed by atoms with Gasteiger partial charge in [-0.2, -0.15) is 8.78 Å². The Morgan fingerprint density at radius 3 is 2.85 bits per heavy atom. The van der Waals surface area contributed by atoms with Crippen LogP contribution in [0.15, 0.2) is 53.7 Å². The predicted molar refractivity (Wildman–Crippen MR) is 101 cm³/mol.